The monoisotopic (exact) mass is 293 g/mol. The van der Waals surface area contributed by atoms with Crippen LogP contribution in [-0.2, 0) is 14.3 Å². The average Bonchev–Trinajstić information content (AvgIpc) is 2.60. The van der Waals surface area contributed by atoms with Gasteiger partial charge in [0, 0.05) is 19.5 Å². The van der Waals surface area contributed by atoms with Gasteiger partial charge in [-0.25, -0.2) is 4.79 Å². The molecule has 0 aliphatic carbocycles. The summed E-state index contributed by atoms with van der Waals surface area (Å²) in [6.07, 6.45) is -4.92. The normalized spacial score (nSPS) is 24.8. The molecule has 2 rings (SSSR count). The lowest BCUT2D eigenvalue weighted by Gasteiger charge is -2.37. The largest absolute Gasteiger partial charge is 0.490 e. The molecule has 112 valence electrons. The molecule has 0 aromatic heterocycles. The first kappa shape index (κ1) is 16.1. The molecule has 5 nitrogen and oxygen atoms in total. The molecule has 10 heteroatoms. The van der Waals surface area contributed by atoms with E-state index in [9.17, 15) is 22.0 Å². The van der Waals surface area contributed by atoms with E-state index in [1.54, 1.807) is 0 Å². The molecule has 0 radical (unpaired) electrons. The first-order valence-electron chi connectivity index (χ1n) is 5.23. The number of carboxylic acid groups (broad SMARTS) is 1. The lowest BCUT2D eigenvalue weighted by atomic mass is 9.93. The van der Waals surface area contributed by atoms with Crippen LogP contribution in [0.15, 0.2) is 0 Å². The van der Waals surface area contributed by atoms with E-state index in [0.29, 0.717) is 13.0 Å². The predicted octanol–water partition coefficient (Wildman–Crippen LogP) is 0.990. The SMILES string of the molecule is FC(F)O[C@H]1COC2(CNC2)C1.O=C(O)C(F)(F)F. The summed E-state index contributed by atoms with van der Waals surface area (Å²) >= 11 is 0. The van der Waals surface area contributed by atoms with Gasteiger partial charge in [0.15, 0.2) is 0 Å². The smallest absolute Gasteiger partial charge is 0.475 e. The summed E-state index contributed by atoms with van der Waals surface area (Å²) in [5.41, 5.74) is -0.195. The molecule has 2 N–H and O–H groups in total. The Morgan fingerprint density at radius 2 is 1.95 bits per heavy atom. The lowest BCUT2D eigenvalue weighted by molar-refractivity contribution is -0.192. The van der Waals surface area contributed by atoms with Crippen molar-refractivity contribution >= 4 is 5.97 Å². The molecule has 0 unspecified atom stereocenters. The van der Waals surface area contributed by atoms with Gasteiger partial charge in [-0.3, -0.25) is 0 Å². The van der Waals surface area contributed by atoms with E-state index < -0.39 is 24.9 Å². The summed E-state index contributed by atoms with van der Waals surface area (Å²) in [4.78, 5) is 8.90. The Morgan fingerprint density at radius 1 is 1.42 bits per heavy atom. The zero-order valence-electron chi connectivity index (χ0n) is 9.54. The zero-order valence-corrected chi connectivity index (χ0v) is 9.54. The minimum atomic E-state index is -5.08. The van der Waals surface area contributed by atoms with Crippen LogP contribution in [0, 0.1) is 0 Å². The van der Waals surface area contributed by atoms with E-state index in [0.717, 1.165) is 13.1 Å². The fourth-order valence-electron chi connectivity index (χ4n) is 1.69. The first-order valence-corrected chi connectivity index (χ1v) is 5.23. The van der Waals surface area contributed by atoms with Gasteiger partial charge in [-0.2, -0.15) is 22.0 Å². The highest BCUT2D eigenvalue weighted by Crippen LogP contribution is 2.31. The molecule has 2 heterocycles. The van der Waals surface area contributed by atoms with Gasteiger partial charge in [0.1, 0.15) is 0 Å². The molecular weight excluding hydrogens is 281 g/mol. The number of hydrogen-bond donors (Lipinski definition) is 2. The lowest BCUT2D eigenvalue weighted by Crippen LogP contribution is -2.59. The highest BCUT2D eigenvalue weighted by Gasteiger charge is 2.46. The van der Waals surface area contributed by atoms with Crippen molar-refractivity contribution in [2.45, 2.75) is 30.9 Å². The molecule has 1 spiro atoms. The molecular formula is C9H12F5NO4. The molecule has 0 saturated carbocycles. The first-order chi connectivity index (χ1) is 8.65. The topological polar surface area (TPSA) is 67.8 Å². The number of nitrogens with one attached hydrogen (secondary N) is 1. The molecule has 2 aliphatic rings. The van der Waals surface area contributed by atoms with Crippen molar-refractivity contribution in [2.24, 2.45) is 0 Å². The van der Waals surface area contributed by atoms with E-state index in [-0.39, 0.29) is 5.60 Å². The predicted molar refractivity (Wildman–Crippen MR) is 50.7 cm³/mol. The van der Waals surface area contributed by atoms with E-state index in [1.165, 1.54) is 0 Å². The van der Waals surface area contributed by atoms with Crippen molar-refractivity contribution in [3.05, 3.63) is 0 Å². The third-order valence-electron chi connectivity index (χ3n) is 2.61. The number of carbonyl (C=O) groups is 1. The molecule has 2 aliphatic heterocycles. The number of hydrogen-bond acceptors (Lipinski definition) is 4. The Bertz CT molecular complexity index is 318. The Hall–Kier alpha value is -1.00. The summed E-state index contributed by atoms with van der Waals surface area (Å²) in [5.74, 6) is -2.76. The van der Waals surface area contributed by atoms with Crippen LogP contribution in [0.4, 0.5) is 22.0 Å². The third kappa shape index (κ3) is 4.88. The molecule has 1 atom stereocenters. The molecule has 0 aromatic rings. The number of rotatable bonds is 2. The summed E-state index contributed by atoms with van der Waals surface area (Å²) in [7, 11) is 0. The fourth-order valence-corrected chi connectivity index (χ4v) is 1.69. The molecule has 0 aromatic carbocycles. The fraction of sp³-hybridized carbons (Fsp3) is 0.889. The zero-order chi connectivity index (χ0) is 14.7. The van der Waals surface area contributed by atoms with E-state index in [1.807, 2.05) is 0 Å². The Morgan fingerprint density at radius 3 is 2.21 bits per heavy atom. The van der Waals surface area contributed by atoms with E-state index >= 15 is 0 Å². The van der Waals surface area contributed by atoms with E-state index in [2.05, 4.69) is 10.1 Å². The van der Waals surface area contributed by atoms with Crippen LogP contribution in [0.5, 0.6) is 0 Å². The van der Waals surface area contributed by atoms with Crippen molar-refractivity contribution < 1.29 is 41.3 Å². The summed E-state index contributed by atoms with van der Waals surface area (Å²) in [5, 5.41) is 10.2. The minimum absolute atomic E-state index is 0.195. The second-order valence-corrected chi connectivity index (χ2v) is 4.12. The second kappa shape index (κ2) is 5.97. The van der Waals surface area contributed by atoms with E-state index in [4.69, 9.17) is 14.6 Å². The van der Waals surface area contributed by atoms with Crippen LogP contribution in [-0.4, -0.2) is 55.3 Å². The summed E-state index contributed by atoms with van der Waals surface area (Å²) in [6.45, 7) is -0.861. The second-order valence-electron chi connectivity index (χ2n) is 4.12. The Kier molecular flexibility index (Phi) is 5.04. The average molecular weight is 293 g/mol. The molecule has 2 fully saturated rings. The molecule has 19 heavy (non-hydrogen) atoms. The molecule has 2 saturated heterocycles. The standard InChI is InChI=1S/C7H11F2NO2.C2HF3O2/c8-6(9)12-5-1-7(11-2-5)3-10-4-7;3-2(4,5)1(6)7/h5-6,10H,1-4H2;(H,6,7)/t5-;/m1./s1. The van der Waals surface area contributed by atoms with Crippen LogP contribution in [0.2, 0.25) is 0 Å². The number of ether oxygens (including phenoxy) is 2. The van der Waals surface area contributed by atoms with Crippen molar-refractivity contribution in [1.82, 2.24) is 5.32 Å². The highest BCUT2D eigenvalue weighted by molar-refractivity contribution is 5.73. The van der Waals surface area contributed by atoms with Gasteiger partial charge in [0.2, 0.25) is 0 Å². The summed E-state index contributed by atoms with van der Waals surface area (Å²) in [6, 6.07) is 0. The van der Waals surface area contributed by atoms with Crippen LogP contribution >= 0.6 is 0 Å². The highest BCUT2D eigenvalue weighted by atomic mass is 19.4. The number of halogens is 5. The van der Waals surface area contributed by atoms with Gasteiger partial charge in [-0.05, 0) is 0 Å². The van der Waals surface area contributed by atoms with Gasteiger partial charge in [-0.15, -0.1) is 0 Å². The van der Waals surface area contributed by atoms with Gasteiger partial charge < -0.3 is 19.9 Å². The van der Waals surface area contributed by atoms with Crippen LogP contribution < -0.4 is 5.32 Å². The van der Waals surface area contributed by atoms with Gasteiger partial charge in [0.25, 0.3) is 0 Å². The maximum Gasteiger partial charge on any atom is 0.490 e. The van der Waals surface area contributed by atoms with Gasteiger partial charge >= 0.3 is 18.8 Å². The van der Waals surface area contributed by atoms with Crippen molar-refractivity contribution in [1.29, 1.82) is 0 Å². The Balaban J connectivity index is 0.000000224. The van der Waals surface area contributed by atoms with Gasteiger partial charge in [-0.1, -0.05) is 0 Å². The quantitative estimate of drug-likeness (QED) is 0.743. The number of alkyl halides is 5. The van der Waals surface area contributed by atoms with Crippen molar-refractivity contribution in [2.75, 3.05) is 19.7 Å². The molecule has 0 amide bonds. The van der Waals surface area contributed by atoms with Crippen LogP contribution in [0.3, 0.4) is 0 Å². The Labute approximate surface area is 104 Å². The maximum atomic E-state index is 11.8. The minimum Gasteiger partial charge on any atom is -0.475 e. The van der Waals surface area contributed by atoms with Crippen molar-refractivity contribution in [3.8, 4) is 0 Å². The van der Waals surface area contributed by atoms with Crippen molar-refractivity contribution in [3.63, 3.8) is 0 Å². The van der Waals surface area contributed by atoms with Gasteiger partial charge in [0.05, 0.1) is 18.3 Å². The molecule has 0 bridgehead atoms. The third-order valence-corrected chi connectivity index (χ3v) is 2.61. The number of aliphatic carboxylic acids is 1. The maximum absolute atomic E-state index is 11.8. The van der Waals surface area contributed by atoms with Crippen LogP contribution in [0.25, 0.3) is 0 Å². The van der Waals surface area contributed by atoms with Crippen LogP contribution in [0.1, 0.15) is 6.42 Å². The summed E-state index contributed by atoms with van der Waals surface area (Å²) < 4.78 is 65.0. The number of carboxylic acids is 1.